The molecule has 2 aliphatic heterocycles. The van der Waals surface area contributed by atoms with E-state index in [-0.39, 0.29) is 23.6 Å². The number of carbonyl (C=O) groups is 4. The molecule has 4 amide bonds. The molecule has 0 bridgehead atoms. The van der Waals surface area contributed by atoms with Crippen molar-refractivity contribution in [2.45, 2.75) is 51.4 Å². The van der Waals surface area contributed by atoms with Gasteiger partial charge in [-0.15, -0.1) is 0 Å². The van der Waals surface area contributed by atoms with Crippen molar-refractivity contribution in [3.8, 4) is 0 Å². The molecule has 10 heteroatoms. The normalized spacial score (nSPS) is 27.0. The summed E-state index contributed by atoms with van der Waals surface area (Å²) in [5.41, 5.74) is 0.834. The van der Waals surface area contributed by atoms with Gasteiger partial charge in [0.05, 0.1) is 35.0 Å². The second-order valence-electron chi connectivity index (χ2n) is 10.5. The Kier molecular flexibility index (Phi) is 6.56. The van der Waals surface area contributed by atoms with E-state index in [0.717, 1.165) is 35.7 Å². The van der Waals surface area contributed by atoms with Crippen LogP contribution in [0.3, 0.4) is 0 Å². The van der Waals surface area contributed by atoms with Crippen molar-refractivity contribution in [1.82, 2.24) is 10.0 Å². The molecular formula is C28H28Cl2N4O4. The average molecular weight is 555 g/mol. The molecule has 2 saturated heterocycles. The third-order valence-electron chi connectivity index (χ3n) is 8.31. The first kappa shape index (κ1) is 25.2. The molecule has 6 rings (SSSR count). The lowest BCUT2D eigenvalue weighted by Crippen LogP contribution is -2.64. The molecule has 4 aliphatic rings. The van der Waals surface area contributed by atoms with Crippen LogP contribution in [0.4, 0.5) is 11.4 Å². The van der Waals surface area contributed by atoms with E-state index in [4.69, 9.17) is 23.2 Å². The van der Waals surface area contributed by atoms with Crippen molar-refractivity contribution in [3.05, 3.63) is 58.6 Å². The van der Waals surface area contributed by atoms with Gasteiger partial charge in [0.15, 0.2) is 0 Å². The number of hydrazine groups is 3. The van der Waals surface area contributed by atoms with Crippen molar-refractivity contribution >= 4 is 58.2 Å². The SMILES string of the molecule is O=C1C2CCCCC2C(=O)N1N(c1ccc(Cl)cc1)N(c1ccc(Cl)cc1)N1C(=O)C2CCCCC2C1=O. The maximum atomic E-state index is 13.9. The Labute approximate surface area is 231 Å². The molecule has 2 aromatic carbocycles. The molecule has 0 spiro atoms. The van der Waals surface area contributed by atoms with Crippen LogP contribution in [0.1, 0.15) is 51.4 Å². The molecule has 4 unspecified atom stereocenters. The number of amides is 4. The first-order valence-corrected chi connectivity index (χ1v) is 14.0. The van der Waals surface area contributed by atoms with Gasteiger partial charge in [0.25, 0.3) is 23.6 Å². The van der Waals surface area contributed by atoms with E-state index in [1.807, 2.05) is 0 Å². The van der Waals surface area contributed by atoms with Gasteiger partial charge in [-0.25, -0.2) is 0 Å². The zero-order chi connectivity index (χ0) is 26.6. The molecule has 4 fully saturated rings. The Hall–Kier alpha value is -3.10. The number of hydrogen-bond donors (Lipinski definition) is 0. The van der Waals surface area contributed by atoms with Gasteiger partial charge in [0, 0.05) is 10.0 Å². The summed E-state index contributed by atoms with van der Waals surface area (Å²) in [5, 5.41) is 5.96. The van der Waals surface area contributed by atoms with E-state index in [1.54, 1.807) is 48.5 Å². The summed E-state index contributed by atoms with van der Waals surface area (Å²) in [5.74, 6) is -3.02. The van der Waals surface area contributed by atoms with Gasteiger partial charge >= 0.3 is 0 Å². The number of benzene rings is 2. The van der Waals surface area contributed by atoms with Gasteiger partial charge in [0.1, 0.15) is 0 Å². The summed E-state index contributed by atoms with van der Waals surface area (Å²) in [4.78, 5) is 55.4. The number of anilines is 2. The molecule has 0 N–H and O–H groups in total. The number of imide groups is 2. The van der Waals surface area contributed by atoms with Crippen LogP contribution in [0.25, 0.3) is 0 Å². The fourth-order valence-corrected chi connectivity index (χ4v) is 6.68. The molecule has 0 radical (unpaired) electrons. The van der Waals surface area contributed by atoms with E-state index in [0.29, 0.717) is 47.1 Å². The lowest BCUT2D eigenvalue weighted by molar-refractivity contribution is -0.147. The molecular weight excluding hydrogens is 527 g/mol. The van der Waals surface area contributed by atoms with Gasteiger partial charge in [-0.05, 0) is 74.2 Å². The van der Waals surface area contributed by atoms with Crippen LogP contribution >= 0.6 is 23.2 Å². The summed E-state index contributed by atoms with van der Waals surface area (Å²) < 4.78 is 0. The smallest absolute Gasteiger partial charge is 0.253 e. The molecule has 8 nitrogen and oxygen atoms in total. The number of rotatable bonds is 5. The van der Waals surface area contributed by atoms with Crippen LogP contribution in [-0.4, -0.2) is 33.6 Å². The zero-order valence-corrected chi connectivity index (χ0v) is 22.3. The Morgan fingerprint density at radius 1 is 0.500 bits per heavy atom. The highest BCUT2D eigenvalue weighted by atomic mass is 35.5. The molecule has 198 valence electrons. The number of carbonyl (C=O) groups excluding carboxylic acids is 4. The Morgan fingerprint density at radius 3 is 1.03 bits per heavy atom. The lowest BCUT2D eigenvalue weighted by atomic mass is 9.81. The Morgan fingerprint density at radius 2 is 0.763 bits per heavy atom. The maximum Gasteiger partial charge on any atom is 0.253 e. The number of halogens is 2. The van der Waals surface area contributed by atoms with E-state index < -0.39 is 23.7 Å². The summed E-state index contributed by atoms with van der Waals surface area (Å²) in [6.45, 7) is 0. The summed E-state index contributed by atoms with van der Waals surface area (Å²) in [6, 6.07) is 13.3. The highest BCUT2D eigenvalue weighted by Crippen LogP contribution is 2.44. The second-order valence-corrected chi connectivity index (χ2v) is 11.4. The summed E-state index contributed by atoms with van der Waals surface area (Å²) in [6.07, 6.45) is 6.04. The topological polar surface area (TPSA) is 81.2 Å². The second kappa shape index (κ2) is 9.89. The molecule has 2 aromatic rings. The molecule has 38 heavy (non-hydrogen) atoms. The predicted molar refractivity (Wildman–Crippen MR) is 142 cm³/mol. The summed E-state index contributed by atoms with van der Waals surface area (Å²) >= 11 is 12.4. The van der Waals surface area contributed by atoms with Crippen LogP contribution in [0.15, 0.2) is 48.5 Å². The highest BCUT2D eigenvalue weighted by molar-refractivity contribution is 6.31. The number of fused-ring (bicyclic) bond motifs is 2. The van der Waals surface area contributed by atoms with Crippen molar-refractivity contribution in [2.24, 2.45) is 23.7 Å². The van der Waals surface area contributed by atoms with Crippen molar-refractivity contribution in [3.63, 3.8) is 0 Å². The third-order valence-corrected chi connectivity index (χ3v) is 8.81. The molecule has 2 heterocycles. The summed E-state index contributed by atoms with van der Waals surface area (Å²) in [7, 11) is 0. The van der Waals surface area contributed by atoms with E-state index in [2.05, 4.69) is 0 Å². The number of hydrogen-bond acceptors (Lipinski definition) is 6. The van der Waals surface area contributed by atoms with Gasteiger partial charge in [-0.1, -0.05) is 48.9 Å². The van der Waals surface area contributed by atoms with Gasteiger partial charge < -0.3 is 0 Å². The third kappa shape index (κ3) is 4.05. The van der Waals surface area contributed by atoms with Crippen molar-refractivity contribution in [2.75, 3.05) is 10.2 Å². The van der Waals surface area contributed by atoms with Crippen LogP contribution in [0.2, 0.25) is 10.0 Å². The van der Waals surface area contributed by atoms with Gasteiger partial charge in [-0.2, -0.15) is 20.3 Å². The highest BCUT2D eigenvalue weighted by Gasteiger charge is 2.56. The lowest BCUT2D eigenvalue weighted by Gasteiger charge is -2.44. The van der Waals surface area contributed by atoms with Gasteiger partial charge in [-0.3, -0.25) is 19.2 Å². The average Bonchev–Trinajstić information content (AvgIpc) is 3.33. The molecule has 0 aromatic heterocycles. The molecule has 2 saturated carbocycles. The zero-order valence-electron chi connectivity index (χ0n) is 20.8. The monoisotopic (exact) mass is 554 g/mol. The first-order valence-electron chi connectivity index (χ1n) is 13.2. The fourth-order valence-electron chi connectivity index (χ4n) is 6.43. The molecule has 4 atom stereocenters. The van der Waals surface area contributed by atoms with Crippen LogP contribution in [-0.2, 0) is 19.2 Å². The van der Waals surface area contributed by atoms with Crippen LogP contribution in [0.5, 0.6) is 0 Å². The van der Waals surface area contributed by atoms with E-state index in [9.17, 15) is 19.2 Å². The maximum absolute atomic E-state index is 13.9. The van der Waals surface area contributed by atoms with Crippen molar-refractivity contribution < 1.29 is 19.2 Å². The standard InChI is InChI=1S/C28H28Cl2N4O4/c29-17-9-13-19(14-10-17)33(31-25(35)21-5-1-2-6-22(21)26(31)36)34(20-15-11-18(30)12-16-20)32-27(37)23-7-3-4-8-24(23)28(32)38/h9-16,21-24H,1-8H2. The van der Waals surface area contributed by atoms with Crippen molar-refractivity contribution in [1.29, 1.82) is 0 Å². The van der Waals surface area contributed by atoms with Crippen LogP contribution < -0.4 is 10.2 Å². The van der Waals surface area contributed by atoms with Crippen LogP contribution in [0, 0.1) is 23.7 Å². The minimum atomic E-state index is -0.425. The Bertz CT molecular complexity index is 1140. The Balaban J connectivity index is 1.53. The van der Waals surface area contributed by atoms with E-state index >= 15 is 0 Å². The largest absolute Gasteiger partial charge is 0.272 e. The predicted octanol–water partition coefficient (Wildman–Crippen LogP) is 5.40. The van der Waals surface area contributed by atoms with E-state index in [1.165, 1.54) is 10.2 Å². The quantitative estimate of drug-likeness (QED) is 0.363. The minimum Gasteiger partial charge on any atom is -0.272 e. The van der Waals surface area contributed by atoms with Gasteiger partial charge in [0.2, 0.25) is 0 Å². The first-order chi connectivity index (χ1) is 18.4. The molecule has 2 aliphatic carbocycles. The minimum absolute atomic E-state index is 0.329. The number of nitrogens with zero attached hydrogens (tertiary/aromatic N) is 4. The fraction of sp³-hybridized carbons (Fsp3) is 0.429.